The highest BCUT2D eigenvalue weighted by atomic mass is 32.2. The van der Waals surface area contributed by atoms with Crippen molar-refractivity contribution in [3.63, 3.8) is 0 Å². The molecule has 0 aliphatic carbocycles. The molecular weight excluding hydrogens is 991 g/mol. The predicted molar refractivity (Wildman–Crippen MR) is 211 cm³/mol. The molecule has 1 nitrogen and oxygen atoms in total. The lowest BCUT2D eigenvalue weighted by Crippen LogP contribution is -2.81. The minimum Gasteiger partial charge on any atom is -0.494 e. The Morgan fingerprint density at radius 2 is 0.493 bits per heavy atom. The fourth-order valence-electron chi connectivity index (χ4n) is 7.47. The molecule has 7 aromatic rings. The lowest BCUT2D eigenvalue weighted by atomic mass is 9.12. The van der Waals surface area contributed by atoms with Crippen LogP contribution < -0.4 is 26.6 Å². The van der Waals surface area contributed by atoms with E-state index >= 15 is 35.1 Å². The number of rotatable bonds is 9. The summed E-state index contributed by atoms with van der Waals surface area (Å²) >= 11 is 0. The molecule has 0 fully saturated rings. The van der Waals surface area contributed by atoms with Crippen LogP contribution in [-0.4, -0.2) is 12.8 Å². The fraction of sp³-hybridized carbons (Fsp3) is 0.0870. The number of ether oxygens (including phenoxy) is 1. The first-order valence-corrected chi connectivity index (χ1v) is 20.4. The van der Waals surface area contributed by atoms with Gasteiger partial charge in [0.15, 0.2) is 84.5 Å². The summed E-state index contributed by atoms with van der Waals surface area (Å²) in [6.45, 7) is 6.97. The maximum absolute atomic E-state index is 15.4. The molecule has 0 bridgehead atoms. The van der Waals surface area contributed by atoms with Crippen molar-refractivity contribution in [1.29, 1.82) is 0 Å². The highest BCUT2D eigenvalue weighted by molar-refractivity contribution is 7.97. The van der Waals surface area contributed by atoms with Gasteiger partial charge in [-0.05, 0) is 69.3 Å². The molecule has 0 aliphatic rings. The summed E-state index contributed by atoms with van der Waals surface area (Å²) in [5.74, 6) is -70.5. The molecule has 7 aromatic carbocycles. The van der Waals surface area contributed by atoms with E-state index in [1.807, 2.05) is 6.92 Å². The van der Waals surface area contributed by atoms with E-state index in [0.717, 1.165) is 5.75 Å². The second-order valence-electron chi connectivity index (χ2n) is 14.6. The summed E-state index contributed by atoms with van der Waals surface area (Å²) in [6.07, 6.45) is -7.22. The van der Waals surface area contributed by atoms with Crippen LogP contribution >= 0.6 is 0 Å². The van der Waals surface area contributed by atoms with Crippen LogP contribution in [-0.2, 0) is 10.9 Å². The molecule has 7 rings (SSSR count). The van der Waals surface area contributed by atoms with Gasteiger partial charge in [-0.15, -0.1) is 21.9 Å². The van der Waals surface area contributed by atoms with Crippen molar-refractivity contribution < 1.29 is 92.5 Å². The van der Waals surface area contributed by atoms with Gasteiger partial charge in [0, 0.05) is 0 Å². The number of hydrogen-bond donors (Lipinski definition) is 0. The Balaban J connectivity index is 0.000000273. The summed E-state index contributed by atoms with van der Waals surface area (Å²) in [4.78, 5) is 3.99. The first-order valence-electron chi connectivity index (χ1n) is 19.2. The summed E-state index contributed by atoms with van der Waals surface area (Å²) in [5, 5.41) is 0. The van der Waals surface area contributed by atoms with E-state index in [2.05, 4.69) is 86.6 Å². The van der Waals surface area contributed by atoms with Gasteiger partial charge in [0.2, 0.25) is 0 Å². The largest absolute Gasteiger partial charge is 0.494 e. The van der Waals surface area contributed by atoms with Gasteiger partial charge >= 0.3 is 0 Å². The van der Waals surface area contributed by atoms with Gasteiger partial charge in [0.05, 0.1) is 17.5 Å². The molecule has 0 aromatic heterocycles. The first-order chi connectivity index (χ1) is 32.4. The predicted octanol–water partition coefficient (Wildman–Crippen LogP) is 11.6. The quantitative estimate of drug-likeness (QED) is 0.0460. The van der Waals surface area contributed by atoms with Crippen molar-refractivity contribution in [2.75, 3.05) is 6.61 Å². The lowest BCUT2D eigenvalue weighted by molar-refractivity contribution is 0.340. The summed E-state index contributed by atoms with van der Waals surface area (Å²) in [5.41, 5.74) is -11.8. The van der Waals surface area contributed by atoms with Crippen LogP contribution in [0.3, 0.4) is 0 Å². The Bertz CT molecular complexity index is 2700. The molecule has 23 heteroatoms. The van der Waals surface area contributed by atoms with Crippen molar-refractivity contribution in [2.45, 2.75) is 35.5 Å². The van der Waals surface area contributed by atoms with Crippen molar-refractivity contribution in [3.05, 3.63) is 200 Å². The summed E-state index contributed by atoms with van der Waals surface area (Å²) in [7, 11) is -0.0989. The van der Waals surface area contributed by atoms with Gasteiger partial charge < -0.3 is 4.74 Å². The molecule has 0 radical (unpaired) electrons. The molecule has 0 saturated heterocycles. The molecule has 0 N–H and O–H groups in total. The average molecular weight is 1010 g/mol. The van der Waals surface area contributed by atoms with Gasteiger partial charge in [-0.25, -0.2) is 87.8 Å². The van der Waals surface area contributed by atoms with E-state index in [0.29, 0.717) is 6.61 Å². The Labute approximate surface area is 378 Å². The van der Waals surface area contributed by atoms with Gasteiger partial charge in [-0.1, -0.05) is 35.4 Å². The Kier molecular flexibility index (Phi) is 14.8. The van der Waals surface area contributed by atoms with E-state index in [1.165, 1.54) is 25.8 Å². The number of halogens is 20. The van der Waals surface area contributed by atoms with Gasteiger partial charge in [0.1, 0.15) is 58.4 Å². The lowest BCUT2D eigenvalue weighted by Gasteiger charge is -2.44. The van der Waals surface area contributed by atoms with Gasteiger partial charge in [0.25, 0.3) is 0 Å². The average Bonchev–Trinajstić information content (AvgIpc) is 3.33. The third-order valence-corrected chi connectivity index (χ3v) is 12.8. The molecule has 0 amide bonds. The monoisotopic (exact) mass is 1010 g/mol. The Hall–Kier alpha value is -6.65. The fourth-order valence-corrected chi connectivity index (χ4v) is 9.51. The van der Waals surface area contributed by atoms with E-state index < -0.39 is 144 Å². The Morgan fingerprint density at radius 1 is 0.304 bits per heavy atom. The standard InChI is InChI=1S/C24BF20.C22H23OS/c26-5-1(6(27)14(35)21(42)13(5)34)25(2-7(28)15(36)22(43)16(37)8(2)29,3-9(30)17(38)23(44)18(39)10(3)31)4-11(32)19(40)24(45)20(41)12(4)33;1-4-23-19-9-15-22(16-10-19)24(20-11-5-17(2)6-12-20)21-13-7-18(3)8-14-21/h;5-16H,4H2,1-3H3/q-1;+1. The molecule has 0 spiro atoms. The summed E-state index contributed by atoms with van der Waals surface area (Å²) < 4.78 is 300. The molecular formula is C46H23BF20OS. The second-order valence-corrected chi connectivity index (χ2v) is 16.7. The Morgan fingerprint density at radius 3 is 0.696 bits per heavy atom. The third kappa shape index (κ3) is 8.62. The molecule has 362 valence electrons. The molecule has 0 saturated carbocycles. The van der Waals surface area contributed by atoms with Crippen molar-refractivity contribution in [2.24, 2.45) is 0 Å². The maximum atomic E-state index is 15.4. The molecule has 0 atom stereocenters. The van der Waals surface area contributed by atoms with Crippen molar-refractivity contribution in [3.8, 4) is 5.75 Å². The normalized spacial score (nSPS) is 11.6. The first kappa shape index (κ1) is 51.7. The van der Waals surface area contributed by atoms with Gasteiger partial charge in [-0.3, -0.25) is 0 Å². The van der Waals surface area contributed by atoms with Crippen LogP contribution in [0.4, 0.5) is 87.8 Å². The van der Waals surface area contributed by atoms with E-state index in [-0.39, 0.29) is 10.9 Å². The van der Waals surface area contributed by atoms with Gasteiger partial charge in [-0.2, -0.15) is 0 Å². The minimum atomic E-state index is -7.22. The second kappa shape index (κ2) is 19.8. The molecule has 0 unspecified atom stereocenters. The number of aryl methyl sites for hydroxylation is 2. The van der Waals surface area contributed by atoms with Crippen LogP contribution in [0, 0.1) is 130 Å². The van der Waals surface area contributed by atoms with Crippen LogP contribution in [0.5, 0.6) is 5.75 Å². The zero-order chi connectivity index (χ0) is 51.3. The van der Waals surface area contributed by atoms with Crippen LogP contribution in [0.25, 0.3) is 0 Å². The van der Waals surface area contributed by atoms with Crippen LogP contribution in [0.1, 0.15) is 18.1 Å². The highest BCUT2D eigenvalue weighted by Crippen LogP contribution is 2.34. The van der Waals surface area contributed by atoms with E-state index in [4.69, 9.17) is 4.74 Å². The SMILES string of the molecule is CCOc1ccc([S+](c2ccc(C)cc2)c2ccc(C)cc2)cc1.Fc1c(F)c(F)c([B-](c2c(F)c(F)c(F)c(F)c2F)(c2c(F)c(F)c(F)c(F)c2F)c2c(F)c(F)c(F)c(F)c2F)c(F)c1F. The molecule has 0 heterocycles. The third-order valence-electron chi connectivity index (χ3n) is 10.6. The van der Waals surface area contributed by atoms with Crippen LogP contribution in [0.2, 0.25) is 0 Å². The van der Waals surface area contributed by atoms with E-state index in [9.17, 15) is 52.7 Å². The topological polar surface area (TPSA) is 9.23 Å². The number of hydrogen-bond acceptors (Lipinski definition) is 1. The molecule has 69 heavy (non-hydrogen) atoms. The van der Waals surface area contributed by atoms with Crippen molar-refractivity contribution in [1.82, 2.24) is 0 Å². The minimum absolute atomic E-state index is 0.0989. The molecule has 0 aliphatic heterocycles. The summed E-state index contributed by atoms with van der Waals surface area (Å²) in [6, 6.07) is 26.3. The highest BCUT2D eigenvalue weighted by Gasteiger charge is 2.52. The van der Waals surface area contributed by atoms with E-state index in [1.54, 1.807) is 0 Å². The number of benzene rings is 7. The smallest absolute Gasteiger partial charge is 0.200 e. The van der Waals surface area contributed by atoms with Crippen LogP contribution in [0.15, 0.2) is 87.5 Å². The van der Waals surface area contributed by atoms with Crippen molar-refractivity contribution >= 4 is 38.9 Å². The zero-order valence-corrected chi connectivity index (χ0v) is 35.4. The maximum Gasteiger partial charge on any atom is 0.200 e. The zero-order valence-electron chi connectivity index (χ0n) is 34.6.